The van der Waals surface area contributed by atoms with Crippen LogP contribution in [0, 0.1) is 3.57 Å². The fourth-order valence-corrected chi connectivity index (χ4v) is 3.50. The van der Waals surface area contributed by atoms with Crippen molar-refractivity contribution in [3.63, 3.8) is 0 Å². The zero-order valence-corrected chi connectivity index (χ0v) is 16.9. The number of fused-ring (bicyclic) bond motifs is 1. The third kappa shape index (κ3) is 3.65. The Morgan fingerprint density at radius 3 is 2.59 bits per heavy atom. The molecule has 2 heterocycles. The highest BCUT2D eigenvalue weighted by Gasteiger charge is 2.13. The van der Waals surface area contributed by atoms with E-state index in [1.54, 1.807) is 22.9 Å². The highest BCUT2D eigenvalue weighted by Crippen LogP contribution is 2.22. The van der Waals surface area contributed by atoms with E-state index < -0.39 is 0 Å². The van der Waals surface area contributed by atoms with E-state index in [1.807, 2.05) is 60.7 Å². The lowest BCUT2D eigenvalue weighted by Crippen LogP contribution is -2.22. The molecule has 0 radical (unpaired) electrons. The van der Waals surface area contributed by atoms with E-state index in [2.05, 4.69) is 27.6 Å². The summed E-state index contributed by atoms with van der Waals surface area (Å²) in [5, 5.41) is 1.04. The van der Waals surface area contributed by atoms with E-state index in [1.165, 1.54) is 0 Å². The van der Waals surface area contributed by atoms with Crippen LogP contribution in [0.4, 0.5) is 0 Å². The number of hydrogen-bond acceptors (Lipinski definition) is 3. The van der Waals surface area contributed by atoms with Gasteiger partial charge in [-0.25, -0.2) is 4.98 Å². The largest absolute Gasteiger partial charge is 0.268 e. The molecular weight excluding hydrogens is 473 g/mol. The van der Waals surface area contributed by atoms with Crippen molar-refractivity contribution in [1.29, 1.82) is 0 Å². The van der Waals surface area contributed by atoms with Crippen LogP contribution in [0.3, 0.4) is 0 Å². The molecule has 0 amide bonds. The third-order valence-corrected chi connectivity index (χ3v) is 5.03. The molecule has 6 heteroatoms. The Kier molecular flexibility index (Phi) is 5.05. The van der Waals surface area contributed by atoms with Crippen molar-refractivity contribution >= 4 is 57.2 Å². The van der Waals surface area contributed by atoms with Gasteiger partial charge in [0, 0.05) is 9.77 Å². The number of pyridine rings is 1. The summed E-state index contributed by atoms with van der Waals surface area (Å²) in [7, 11) is 0. The molecule has 0 N–H and O–H groups in total. The number of rotatable bonds is 3. The Morgan fingerprint density at radius 2 is 1.81 bits per heavy atom. The third-order valence-electron chi connectivity index (χ3n) is 4.04. The van der Waals surface area contributed by atoms with E-state index in [-0.39, 0.29) is 5.56 Å². The summed E-state index contributed by atoms with van der Waals surface area (Å²) in [6.45, 7) is 0. The Morgan fingerprint density at radius 1 is 1.00 bits per heavy atom. The van der Waals surface area contributed by atoms with Crippen molar-refractivity contribution in [2.45, 2.75) is 0 Å². The van der Waals surface area contributed by atoms with Crippen LogP contribution in [0.5, 0.6) is 0 Å². The van der Waals surface area contributed by atoms with Gasteiger partial charge in [0.15, 0.2) is 0 Å². The van der Waals surface area contributed by atoms with E-state index in [0.29, 0.717) is 27.4 Å². The van der Waals surface area contributed by atoms with Crippen LogP contribution < -0.4 is 5.56 Å². The number of benzene rings is 2. The van der Waals surface area contributed by atoms with Crippen LogP contribution in [-0.4, -0.2) is 14.5 Å². The van der Waals surface area contributed by atoms with Crippen molar-refractivity contribution in [2.24, 2.45) is 0 Å². The molecule has 27 heavy (non-hydrogen) atoms. The van der Waals surface area contributed by atoms with E-state index in [0.717, 1.165) is 9.26 Å². The van der Waals surface area contributed by atoms with Crippen molar-refractivity contribution in [3.8, 4) is 5.69 Å². The zero-order valence-electron chi connectivity index (χ0n) is 14.0. The Bertz CT molecular complexity index is 1220. The lowest BCUT2D eigenvalue weighted by molar-refractivity contribution is 0.944. The number of aromatic nitrogens is 3. The fraction of sp³-hybridized carbons (Fsp3) is 0. The highest BCUT2D eigenvalue weighted by atomic mass is 127. The van der Waals surface area contributed by atoms with Gasteiger partial charge in [0.1, 0.15) is 5.82 Å². The predicted molar refractivity (Wildman–Crippen MR) is 118 cm³/mol. The van der Waals surface area contributed by atoms with Gasteiger partial charge in [-0.05, 0) is 77.2 Å². The maximum absolute atomic E-state index is 13.3. The molecule has 0 aliphatic rings. The minimum atomic E-state index is -0.160. The number of hydrogen-bond donors (Lipinski definition) is 0. The molecule has 0 bridgehead atoms. The maximum Gasteiger partial charge on any atom is 0.266 e. The van der Waals surface area contributed by atoms with E-state index in [9.17, 15) is 4.79 Å². The van der Waals surface area contributed by atoms with Gasteiger partial charge in [-0.15, -0.1) is 0 Å². The maximum atomic E-state index is 13.3. The molecule has 2 aromatic carbocycles. The molecular formula is C21H13ClIN3O. The molecule has 0 saturated heterocycles. The van der Waals surface area contributed by atoms with Crippen molar-refractivity contribution in [3.05, 3.63) is 97.3 Å². The first-order valence-electron chi connectivity index (χ1n) is 8.20. The minimum Gasteiger partial charge on any atom is -0.268 e. The topological polar surface area (TPSA) is 47.8 Å². The molecule has 0 saturated carbocycles. The minimum absolute atomic E-state index is 0.160. The smallest absolute Gasteiger partial charge is 0.266 e. The second kappa shape index (κ2) is 7.62. The summed E-state index contributed by atoms with van der Waals surface area (Å²) in [6, 6.07) is 18.5. The van der Waals surface area contributed by atoms with Crippen molar-refractivity contribution < 1.29 is 0 Å². The summed E-state index contributed by atoms with van der Waals surface area (Å²) in [6.07, 6.45) is 5.33. The normalized spacial score (nSPS) is 11.3. The predicted octanol–water partition coefficient (Wildman–Crippen LogP) is 5.21. The van der Waals surface area contributed by atoms with Gasteiger partial charge in [0.2, 0.25) is 0 Å². The van der Waals surface area contributed by atoms with E-state index in [4.69, 9.17) is 16.6 Å². The van der Waals surface area contributed by atoms with Gasteiger partial charge in [-0.1, -0.05) is 29.8 Å². The highest BCUT2D eigenvalue weighted by molar-refractivity contribution is 14.1. The zero-order chi connectivity index (χ0) is 18.8. The Hall–Kier alpha value is -2.51. The van der Waals surface area contributed by atoms with Crippen LogP contribution in [0.1, 0.15) is 11.5 Å². The molecule has 0 aliphatic heterocycles. The summed E-state index contributed by atoms with van der Waals surface area (Å²) >= 11 is 8.56. The van der Waals surface area contributed by atoms with Crippen molar-refractivity contribution in [1.82, 2.24) is 14.5 Å². The molecule has 0 aliphatic carbocycles. The standard InChI is InChI=1S/C21H13ClIN3O/c22-17-6-1-2-7-19(17)26-20(11-9-15-5-3-4-12-24-15)25-18-10-8-14(23)13-16(18)21(26)27/h1-13H/b11-9+. The van der Waals surface area contributed by atoms with Gasteiger partial charge >= 0.3 is 0 Å². The van der Waals surface area contributed by atoms with E-state index >= 15 is 0 Å². The average Bonchev–Trinajstić information content (AvgIpc) is 2.69. The Labute approximate surface area is 174 Å². The number of halogens is 2. The van der Waals surface area contributed by atoms with Gasteiger partial charge in [-0.3, -0.25) is 14.3 Å². The molecule has 0 fully saturated rings. The SMILES string of the molecule is O=c1c2cc(I)ccc2nc(/C=C/c2ccccn2)n1-c1ccccc1Cl. The molecule has 0 unspecified atom stereocenters. The molecule has 0 spiro atoms. The number of para-hydroxylation sites is 1. The quantitative estimate of drug-likeness (QED) is 0.374. The van der Waals surface area contributed by atoms with Gasteiger partial charge < -0.3 is 0 Å². The monoisotopic (exact) mass is 485 g/mol. The Balaban J connectivity index is 2.00. The van der Waals surface area contributed by atoms with Gasteiger partial charge in [0.25, 0.3) is 5.56 Å². The molecule has 2 aromatic heterocycles. The average molecular weight is 486 g/mol. The van der Waals surface area contributed by atoms with Crippen LogP contribution >= 0.6 is 34.2 Å². The van der Waals surface area contributed by atoms with Gasteiger partial charge in [-0.2, -0.15) is 0 Å². The molecule has 4 rings (SSSR count). The molecule has 4 nitrogen and oxygen atoms in total. The summed E-state index contributed by atoms with van der Waals surface area (Å²) < 4.78 is 2.52. The van der Waals surface area contributed by atoms with Crippen LogP contribution in [0.25, 0.3) is 28.7 Å². The first kappa shape index (κ1) is 17.9. The van der Waals surface area contributed by atoms with Crippen molar-refractivity contribution in [2.75, 3.05) is 0 Å². The number of nitrogens with zero attached hydrogens (tertiary/aromatic N) is 3. The summed E-state index contributed by atoms with van der Waals surface area (Å²) in [4.78, 5) is 22.3. The van der Waals surface area contributed by atoms with Crippen LogP contribution in [-0.2, 0) is 0 Å². The second-order valence-electron chi connectivity index (χ2n) is 5.81. The van der Waals surface area contributed by atoms with Crippen LogP contribution in [0.2, 0.25) is 5.02 Å². The van der Waals surface area contributed by atoms with Crippen LogP contribution in [0.15, 0.2) is 71.7 Å². The summed E-state index contributed by atoms with van der Waals surface area (Å²) in [5.41, 5.74) is 1.86. The fourth-order valence-electron chi connectivity index (χ4n) is 2.79. The second-order valence-corrected chi connectivity index (χ2v) is 7.46. The first-order chi connectivity index (χ1) is 13.1. The summed E-state index contributed by atoms with van der Waals surface area (Å²) in [5.74, 6) is 0.493. The molecule has 0 atom stereocenters. The molecule has 132 valence electrons. The van der Waals surface area contributed by atoms with Gasteiger partial charge in [0.05, 0.1) is 27.3 Å². The molecule has 4 aromatic rings. The first-order valence-corrected chi connectivity index (χ1v) is 9.65. The lowest BCUT2D eigenvalue weighted by Gasteiger charge is -2.13. The lowest BCUT2D eigenvalue weighted by atomic mass is 10.2.